The maximum absolute atomic E-state index is 13.0. The van der Waals surface area contributed by atoms with E-state index in [0.29, 0.717) is 30.9 Å². The molecule has 30 heavy (non-hydrogen) atoms. The lowest BCUT2D eigenvalue weighted by atomic mass is 10.2. The van der Waals surface area contributed by atoms with Gasteiger partial charge in [0, 0.05) is 36.4 Å². The Morgan fingerprint density at radius 1 is 0.900 bits per heavy atom. The first-order valence-corrected chi connectivity index (χ1v) is 11.7. The number of carbonyl (C=O) groups is 2. The van der Waals surface area contributed by atoms with Gasteiger partial charge in [0.05, 0.1) is 4.90 Å². The maximum Gasteiger partial charge on any atom is 0.255 e. The van der Waals surface area contributed by atoms with Gasteiger partial charge in [0.1, 0.15) is 0 Å². The Labute approximate surface area is 177 Å². The van der Waals surface area contributed by atoms with E-state index in [0.717, 1.165) is 25.7 Å². The van der Waals surface area contributed by atoms with Crippen molar-refractivity contribution < 1.29 is 18.0 Å². The average Bonchev–Trinajstić information content (AvgIpc) is 3.04. The molecule has 1 heterocycles. The van der Waals surface area contributed by atoms with E-state index in [2.05, 4.69) is 10.6 Å². The van der Waals surface area contributed by atoms with Crippen LogP contribution in [-0.4, -0.2) is 37.6 Å². The molecule has 0 saturated carbocycles. The number of hydrogen-bond donors (Lipinski definition) is 2. The maximum atomic E-state index is 13.0. The lowest BCUT2D eigenvalue weighted by Gasteiger charge is -2.20. The predicted octanol–water partition coefficient (Wildman–Crippen LogP) is 3.85. The fourth-order valence-electron chi connectivity index (χ4n) is 3.36. The summed E-state index contributed by atoms with van der Waals surface area (Å²) in [7, 11) is -3.63. The fourth-order valence-corrected chi connectivity index (χ4v) is 4.92. The van der Waals surface area contributed by atoms with Crippen molar-refractivity contribution in [3.63, 3.8) is 0 Å². The van der Waals surface area contributed by atoms with Gasteiger partial charge in [-0.3, -0.25) is 9.59 Å². The van der Waals surface area contributed by atoms with Crippen molar-refractivity contribution in [2.75, 3.05) is 23.7 Å². The van der Waals surface area contributed by atoms with Crippen LogP contribution in [0.15, 0.2) is 53.4 Å². The molecule has 2 N–H and O–H groups in total. The Hall–Kier alpha value is -2.71. The Morgan fingerprint density at radius 2 is 1.53 bits per heavy atom. The van der Waals surface area contributed by atoms with E-state index in [1.807, 2.05) is 0 Å². The number of nitrogens with one attached hydrogen (secondary N) is 2. The van der Waals surface area contributed by atoms with Gasteiger partial charge in [0.15, 0.2) is 0 Å². The van der Waals surface area contributed by atoms with E-state index in [4.69, 9.17) is 0 Å². The van der Waals surface area contributed by atoms with Gasteiger partial charge < -0.3 is 10.6 Å². The topological polar surface area (TPSA) is 95.6 Å². The summed E-state index contributed by atoms with van der Waals surface area (Å²) in [4.78, 5) is 24.4. The summed E-state index contributed by atoms with van der Waals surface area (Å²) in [5.74, 6) is -0.535. The molecule has 0 unspecified atom stereocenters. The van der Waals surface area contributed by atoms with Gasteiger partial charge in [-0.15, -0.1) is 0 Å². The van der Waals surface area contributed by atoms with Crippen molar-refractivity contribution in [3.05, 3.63) is 54.1 Å². The number of rotatable bonds is 6. The third kappa shape index (κ3) is 5.46. The van der Waals surface area contributed by atoms with Crippen LogP contribution in [0.5, 0.6) is 0 Å². The van der Waals surface area contributed by atoms with Crippen molar-refractivity contribution in [1.29, 1.82) is 0 Å². The third-order valence-corrected chi connectivity index (χ3v) is 6.92. The Balaban J connectivity index is 1.76. The van der Waals surface area contributed by atoms with E-state index in [-0.39, 0.29) is 16.4 Å². The van der Waals surface area contributed by atoms with E-state index in [9.17, 15) is 18.0 Å². The zero-order chi connectivity index (χ0) is 21.6. The number of hydrogen-bond acceptors (Lipinski definition) is 4. The van der Waals surface area contributed by atoms with Crippen molar-refractivity contribution in [2.45, 2.75) is 43.9 Å². The fraction of sp³-hybridized carbons (Fsp3) is 0.364. The predicted molar refractivity (Wildman–Crippen MR) is 117 cm³/mol. The van der Waals surface area contributed by atoms with E-state index >= 15 is 0 Å². The lowest BCUT2D eigenvalue weighted by Crippen LogP contribution is -2.32. The summed E-state index contributed by atoms with van der Waals surface area (Å²) < 4.78 is 27.5. The summed E-state index contributed by atoms with van der Waals surface area (Å²) in [6.07, 6.45) is 4.13. The number of benzene rings is 2. The number of amides is 2. The number of sulfonamides is 1. The number of nitrogens with zero attached hydrogens (tertiary/aromatic N) is 1. The summed E-state index contributed by atoms with van der Waals surface area (Å²) in [6.45, 7) is 2.78. The molecule has 0 aromatic heterocycles. The highest BCUT2D eigenvalue weighted by molar-refractivity contribution is 7.89. The molecule has 2 amide bonds. The SMILES string of the molecule is CCC(=O)Nc1cccc(NC(=O)c2cccc(S(=O)(=O)N3CCCCCC3)c2)c1. The van der Waals surface area contributed by atoms with Crippen LogP contribution >= 0.6 is 0 Å². The first-order chi connectivity index (χ1) is 14.4. The molecule has 0 bridgehead atoms. The van der Waals surface area contributed by atoms with Crippen molar-refractivity contribution >= 4 is 33.2 Å². The molecule has 2 aromatic rings. The Morgan fingerprint density at radius 3 is 2.20 bits per heavy atom. The highest BCUT2D eigenvalue weighted by Gasteiger charge is 2.25. The monoisotopic (exact) mass is 429 g/mol. The van der Waals surface area contributed by atoms with Crippen LogP contribution in [-0.2, 0) is 14.8 Å². The van der Waals surface area contributed by atoms with Gasteiger partial charge in [-0.2, -0.15) is 4.31 Å². The standard InChI is InChI=1S/C22H27N3O4S/c1-2-21(26)23-18-10-8-11-19(16-18)24-22(27)17-9-7-12-20(15-17)30(28,29)25-13-5-3-4-6-14-25/h7-12,15-16H,2-6,13-14H2,1H3,(H,23,26)(H,24,27). The largest absolute Gasteiger partial charge is 0.326 e. The van der Waals surface area contributed by atoms with Gasteiger partial charge in [-0.1, -0.05) is 31.9 Å². The average molecular weight is 430 g/mol. The van der Waals surface area contributed by atoms with Gasteiger partial charge in [-0.25, -0.2) is 8.42 Å². The van der Waals surface area contributed by atoms with Crippen LogP contribution < -0.4 is 10.6 Å². The minimum Gasteiger partial charge on any atom is -0.326 e. The van der Waals surface area contributed by atoms with Crippen LogP contribution in [0.3, 0.4) is 0 Å². The molecule has 7 nitrogen and oxygen atoms in total. The van der Waals surface area contributed by atoms with Gasteiger partial charge in [0.2, 0.25) is 15.9 Å². The summed E-state index contributed by atoms with van der Waals surface area (Å²) >= 11 is 0. The number of carbonyl (C=O) groups excluding carboxylic acids is 2. The zero-order valence-electron chi connectivity index (χ0n) is 17.1. The van der Waals surface area contributed by atoms with E-state index < -0.39 is 15.9 Å². The minimum atomic E-state index is -3.63. The van der Waals surface area contributed by atoms with Crippen LogP contribution in [0.1, 0.15) is 49.4 Å². The lowest BCUT2D eigenvalue weighted by molar-refractivity contribution is -0.115. The van der Waals surface area contributed by atoms with Crippen LogP contribution in [0.2, 0.25) is 0 Å². The smallest absolute Gasteiger partial charge is 0.255 e. The molecule has 1 aliphatic rings. The summed E-state index contributed by atoms with van der Waals surface area (Å²) in [5, 5.41) is 5.50. The molecule has 3 rings (SSSR count). The minimum absolute atomic E-state index is 0.120. The summed E-state index contributed by atoms with van der Waals surface area (Å²) in [6, 6.07) is 12.9. The normalized spacial score (nSPS) is 15.2. The molecular weight excluding hydrogens is 402 g/mol. The molecule has 0 radical (unpaired) electrons. The van der Waals surface area contributed by atoms with Gasteiger partial charge >= 0.3 is 0 Å². The first-order valence-electron chi connectivity index (χ1n) is 10.2. The molecule has 0 aliphatic carbocycles. The number of anilines is 2. The quantitative estimate of drug-likeness (QED) is 0.729. The third-order valence-electron chi connectivity index (χ3n) is 5.02. The van der Waals surface area contributed by atoms with E-state index in [1.165, 1.54) is 16.4 Å². The second-order valence-corrected chi connectivity index (χ2v) is 9.22. The zero-order valence-corrected chi connectivity index (χ0v) is 17.9. The summed E-state index contributed by atoms with van der Waals surface area (Å²) in [5.41, 5.74) is 1.35. The first kappa shape index (κ1) is 22.0. The molecular formula is C22H27N3O4S. The molecule has 0 atom stereocenters. The van der Waals surface area contributed by atoms with Crippen molar-refractivity contribution in [1.82, 2.24) is 4.31 Å². The second kappa shape index (κ2) is 9.86. The molecule has 0 spiro atoms. The van der Waals surface area contributed by atoms with Crippen LogP contribution in [0.4, 0.5) is 11.4 Å². The van der Waals surface area contributed by atoms with Gasteiger partial charge in [0.25, 0.3) is 5.91 Å². The molecule has 160 valence electrons. The van der Waals surface area contributed by atoms with Crippen LogP contribution in [0, 0.1) is 0 Å². The van der Waals surface area contributed by atoms with Gasteiger partial charge in [-0.05, 0) is 49.2 Å². The Bertz CT molecular complexity index is 1010. The molecule has 8 heteroatoms. The van der Waals surface area contributed by atoms with Crippen molar-refractivity contribution in [2.24, 2.45) is 0 Å². The Kier molecular flexibility index (Phi) is 7.23. The van der Waals surface area contributed by atoms with Crippen LogP contribution in [0.25, 0.3) is 0 Å². The van der Waals surface area contributed by atoms with E-state index in [1.54, 1.807) is 43.3 Å². The highest BCUT2D eigenvalue weighted by atomic mass is 32.2. The second-order valence-electron chi connectivity index (χ2n) is 7.28. The molecule has 1 fully saturated rings. The molecule has 1 saturated heterocycles. The highest BCUT2D eigenvalue weighted by Crippen LogP contribution is 2.22. The molecule has 2 aromatic carbocycles. The van der Waals surface area contributed by atoms with Crippen molar-refractivity contribution in [3.8, 4) is 0 Å². The molecule has 1 aliphatic heterocycles.